The fourth-order valence-corrected chi connectivity index (χ4v) is 3.42. The van der Waals surface area contributed by atoms with Gasteiger partial charge in [-0.3, -0.25) is 9.59 Å². The number of methoxy groups -OCH3 is 1. The molecule has 0 bridgehead atoms. The normalized spacial score (nSPS) is 33.1. The maximum Gasteiger partial charge on any atom is 0.240 e. The van der Waals surface area contributed by atoms with E-state index in [9.17, 15) is 19.8 Å². The maximum absolute atomic E-state index is 12.6. The van der Waals surface area contributed by atoms with Crippen LogP contribution in [0.15, 0.2) is 46.2 Å². The highest BCUT2D eigenvalue weighted by Gasteiger charge is 2.63. The van der Waals surface area contributed by atoms with E-state index in [1.807, 2.05) is 13.0 Å². The monoisotopic (exact) mass is 396 g/mol. The predicted octanol–water partition coefficient (Wildman–Crippen LogP) is 2.55. The van der Waals surface area contributed by atoms with Gasteiger partial charge in [-0.15, -0.1) is 0 Å². The molecule has 1 heterocycles. The van der Waals surface area contributed by atoms with Gasteiger partial charge in [0.2, 0.25) is 23.5 Å². The molecule has 1 aliphatic carbocycles. The van der Waals surface area contributed by atoms with E-state index in [0.717, 1.165) is 18.9 Å². The zero-order valence-electron chi connectivity index (χ0n) is 16.1. The number of aliphatic hydroxyl groups is 2. The summed E-state index contributed by atoms with van der Waals surface area (Å²) in [6.07, 6.45) is 6.41. The summed E-state index contributed by atoms with van der Waals surface area (Å²) in [5.74, 6) is -1.43. The van der Waals surface area contributed by atoms with Crippen molar-refractivity contribution in [2.75, 3.05) is 7.11 Å². The molecule has 0 radical (unpaired) electrons. The molecule has 0 aromatic heterocycles. The SMILES string of the molecule is CC[C@H](C)/C=C(C)/C=C/C1=CC2=C(Cl)C(=O)[C@](C)(O)C(=O)[C@]2(O)[C@H](OC)O1. The van der Waals surface area contributed by atoms with E-state index in [0.29, 0.717) is 5.92 Å². The third-order valence-electron chi connectivity index (χ3n) is 4.86. The molecule has 1 aliphatic heterocycles. The maximum atomic E-state index is 12.6. The Balaban J connectivity index is 2.51. The molecule has 2 aliphatic rings. The van der Waals surface area contributed by atoms with Gasteiger partial charge in [-0.25, -0.2) is 0 Å². The van der Waals surface area contributed by atoms with Crippen LogP contribution in [-0.2, 0) is 19.1 Å². The average Bonchev–Trinajstić information content (AvgIpc) is 2.63. The zero-order valence-corrected chi connectivity index (χ0v) is 16.8. The van der Waals surface area contributed by atoms with Crippen molar-refractivity contribution in [3.05, 3.63) is 46.2 Å². The third-order valence-corrected chi connectivity index (χ3v) is 5.24. The fourth-order valence-electron chi connectivity index (χ4n) is 3.03. The van der Waals surface area contributed by atoms with Crippen molar-refractivity contribution < 1.29 is 29.3 Å². The van der Waals surface area contributed by atoms with E-state index >= 15 is 0 Å². The molecule has 4 atom stereocenters. The molecule has 0 aromatic rings. The summed E-state index contributed by atoms with van der Waals surface area (Å²) in [6.45, 7) is 7.12. The van der Waals surface area contributed by atoms with Crippen LogP contribution in [0.3, 0.4) is 0 Å². The molecule has 0 saturated heterocycles. The van der Waals surface area contributed by atoms with E-state index in [-0.39, 0.29) is 11.3 Å². The van der Waals surface area contributed by atoms with E-state index < -0.39 is 34.1 Å². The van der Waals surface area contributed by atoms with E-state index in [1.165, 1.54) is 13.2 Å². The predicted molar refractivity (Wildman–Crippen MR) is 101 cm³/mol. The summed E-state index contributed by atoms with van der Waals surface area (Å²) in [5, 5.41) is 20.7. The topological polar surface area (TPSA) is 93.1 Å². The summed E-state index contributed by atoms with van der Waals surface area (Å²) in [4.78, 5) is 24.9. The molecule has 27 heavy (non-hydrogen) atoms. The van der Waals surface area contributed by atoms with Crippen LogP contribution >= 0.6 is 11.6 Å². The third kappa shape index (κ3) is 3.67. The second kappa shape index (κ2) is 7.72. The van der Waals surface area contributed by atoms with Crippen molar-refractivity contribution >= 4 is 23.2 Å². The minimum absolute atomic E-state index is 0.146. The van der Waals surface area contributed by atoms with Crippen LogP contribution in [-0.4, -0.2) is 46.4 Å². The number of hydrogen-bond donors (Lipinski definition) is 2. The zero-order chi connectivity index (χ0) is 20.6. The molecule has 0 spiro atoms. The van der Waals surface area contributed by atoms with Crippen LogP contribution in [0.25, 0.3) is 0 Å². The lowest BCUT2D eigenvalue weighted by Crippen LogP contribution is -2.66. The van der Waals surface area contributed by atoms with Crippen LogP contribution in [0, 0.1) is 5.92 Å². The summed E-state index contributed by atoms with van der Waals surface area (Å²) < 4.78 is 10.7. The molecule has 0 aromatic carbocycles. The van der Waals surface area contributed by atoms with Crippen LogP contribution in [0.2, 0.25) is 0 Å². The second-order valence-corrected chi connectivity index (χ2v) is 7.46. The summed E-state index contributed by atoms with van der Waals surface area (Å²) in [6, 6.07) is 0. The number of Topliss-reactive ketones (excluding diaryl/α,β-unsaturated/α-hetero) is 2. The highest BCUT2D eigenvalue weighted by atomic mass is 35.5. The van der Waals surface area contributed by atoms with Crippen molar-refractivity contribution in [1.82, 2.24) is 0 Å². The quantitative estimate of drug-likeness (QED) is 0.548. The lowest BCUT2D eigenvalue weighted by molar-refractivity contribution is -0.210. The Morgan fingerprint density at radius 2 is 2.07 bits per heavy atom. The fraction of sp³-hybridized carbons (Fsp3) is 0.500. The van der Waals surface area contributed by atoms with Gasteiger partial charge in [0.25, 0.3) is 0 Å². The number of halogens is 1. The first kappa shape index (κ1) is 21.6. The Morgan fingerprint density at radius 3 is 2.63 bits per heavy atom. The first-order valence-corrected chi connectivity index (χ1v) is 9.10. The standard InChI is InChI=1S/C20H25ClO6/c1-6-11(2)9-12(3)7-8-13-10-14-15(21)16(22)19(4,24)17(23)20(14,25)18(26-5)27-13/h7-11,18,24-25H,6H2,1-5H3/b8-7+,12-9+/t11-,18+,19-,20-/m0/s1. The highest BCUT2D eigenvalue weighted by Crippen LogP contribution is 2.43. The number of carbonyl (C=O) groups is 2. The Bertz CT molecular complexity index is 773. The molecule has 7 heteroatoms. The first-order chi connectivity index (χ1) is 12.5. The van der Waals surface area contributed by atoms with E-state index in [1.54, 1.807) is 6.08 Å². The van der Waals surface area contributed by atoms with Crippen LogP contribution in [0.5, 0.6) is 0 Å². The minimum Gasteiger partial charge on any atom is -0.461 e. The number of rotatable bonds is 5. The van der Waals surface area contributed by atoms with Crippen molar-refractivity contribution in [2.45, 2.75) is 51.6 Å². The van der Waals surface area contributed by atoms with Gasteiger partial charge in [0, 0.05) is 12.7 Å². The summed E-state index contributed by atoms with van der Waals surface area (Å²) in [7, 11) is 1.24. The Kier molecular flexibility index (Phi) is 6.16. The summed E-state index contributed by atoms with van der Waals surface area (Å²) >= 11 is 6.08. The van der Waals surface area contributed by atoms with E-state index in [2.05, 4.69) is 19.9 Å². The number of hydrogen-bond acceptors (Lipinski definition) is 6. The van der Waals surface area contributed by atoms with Crippen LogP contribution in [0.4, 0.5) is 0 Å². The Hall–Kier alpha value is -1.73. The number of ether oxygens (including phenoxy) is 2. The van der Waals surface area contributed by atoms with Gasteiger partial charge in [-0.1, -0.05) is 49.6 Å². The number of ketones is 2. The lowest BCUT2D eigenvalue weighted by atomic mass is 9.72. The smallest absolute Gasteiger partial charge is 0.240 e. The number of allylic oxidation sites excluding steroid dienone is 4. The average molecular weight is 397 g/mol. The van der Waals surface area contributed by atoms with Crippen molar-refractivity contribution in [1.29, 1.82) is 0 Å². The van der Waals surface area contributed by atoms with Gasteiger partial charge in [0.1, 0.15) is 5.76 Å². The van der Waals surface area contributed by atoms with Gasteiger partial charge in [0.15, 0.2) is 5.60 Å². The molecule has 0 fully saturated rings. The van der Waals surface area contributed by atoms with Crippen LogP contribution in [0.1, 0.15) is 34.1 Å². The molecule has 2 N–H and O–H groups in total. The molecule has 0 amide bonds. The Labute approximate surface area is 163 Å². The number of fused-ring (bicyclic) bond motifs is 1. The molecule has 148 valence electrons. The molecule has 2 rings (SSSR count). The van der Waals surface area contributed by atoms with Crippen molar-refractivity contribution in [2.24, 2.45) is 5.92 Å². The minimum atomic E-state index is -2.47. The Morgan fingerprint density at radius 1 is 1.44 bits per heavy atom. The molecular formula is C20H25ClO6. The molecular weight excluding hydrogens is 372 g/mol. The van der Waals surface area contributed by atoms with Gasteiger partial charge in [-0.2, -0.15) is 0 Å². The molecule has 0 unspecified atom stereocenters. The highest BCUT2D eigenvalue weighted by molar-refractivity contribution is 6.48. The van der Waals surface area contributed by atoms with E-state index in [4.69, 9.17) is 21.1 Å². The van der Waals surface area contributed by atoms with Gasteiger partial charge < -0.3 is 19.7 Å². The molecule has 6 nitrogen and oxygen atoms in total. The van der Waals surface area contributed by atoms with Crippen LogP contribution < -0.4 is 0 Å². The first-order valence-electron chi connectivity index (χ1n) is 8.72. The number of carbonyl (C=O) groups excluding carboxylic acids is 2. The van der Waals surface area contributed by atoms with Crippen molar-refractivity contribution in [3.63, 3.8) is 0 Å². The van der Waals surface area contributed by atoms with Gasteiger partial charge >= 0.3 is 0 Å². The van der Waals surface area contributed by atoms with Gasteiger partial charge in [-0.05, 0) is 31.9 Å². The molecule has 0 saturated carbocycles. The second-order valence-electron chi connectivity index (χ2n) is 7.09. The summed E-state index contributed by atoms with van der Waals surface area (Å²) in [5.41, 5.74) is -4.00. The lowest BCUT2D eigenvalue weighted by Gasteiger charge is -2.44. The largest absolute Gasteiger partial charge is 0.461 e. The van der Waals surface area contributed by atoms with Gasteiger partial charge in [0.05, 0.1) is 5.03 Å². The van der Waals surface area contributed by atoms with Crippen molar-refractivity contribution in [3.8, 4) is 0 Å².